The summed E-state index contributed by atoms with van der Waals surface area (Å²) < 4.78 is 14.3. The summed E-state index contributed by atoms with van der Waals surface area (Å²) >= 11 is 9.20. The summed E-state index contributed by atoms with van der Waals surface area (Å²) in [5.74, 6) is -0.901. The van der Waals surface area contributed by atoms with Crippen LogP contribution in [0.25, 0.3) is 0 Å². The number of carbonyl (C=O) groups excluding carboxylic acids is 1. The predicted molar refractivity (Wildman–Crippen MR) is 83.1 cm³/mol. The number of anilines is 2. The maximum atomic E-state index is 13.6. The van der Waals surface area contributed by atoms with Gasteiger partial charge in [0.2, 0.25) is 0 Å². The Morgan fingerprint density at radius 1 is 1.30 bits per heavy atom. The molecule has 0 spiro atoms. The van der Waals surface area contributed by atoms with Gasteiger partial charge in [0.05, 0.1) is 16.9 Å². The van der Waals surface area contributed by atoms with Crippen LogP contribution >= 0.6 is 27.5 Å². The molecule has 0 bridgehead atoms. The second kappa shape index (κ2) is 6.24. The number of carbonyl (C=O) groups is 1. The number of amides is 1. The molecule has 0 heterocycles. The monoisotopic (exact) mass is 356 g/mol. The van der Waals surface area contributed by atoms with Crippen molar-refractivity contribution in [3.8, 4) is 0 Å². The Morgan fingerprint density at radius 2 is 2.05 bits per heavy atom. The van der Waals surface area contributed by atoms with E-state index in [1.165, 1.54) is 12.1 Å². The van der Waals surface area contributed by atoms with E-state index in [-0.39, 0.29) is 11.3 Å². The van der Waals surface area contributed by atoms with E-state index in [1.807, 2.05) is 0 Å². The fourth-order valence-corrected chi connectivity index (χ4v) is 2.27. The number of hydrogen-bond acceptors (Lipinski definition) is 2. The van der Waals surface area contributed by atoms with Crippen molar-refractivity contribution in [2.45, 2.75) is 0 Å². The molecular weight excluding hydrogens is 347 g/mol. The summed E-state index contributed by atoms with van der Waals surface area (Å²) in [5.41, 5.74) is 0.899. The van der Waals surface area contributed by atoms with Crippen LogP contribution in [0.15, 0.2) is 40.9 Å². The molecule has 0 radical (unpaired) electrons. The van der Waals surface area contributed by atoms with Gasteiger partial charge >= 0.3 is 0 Å². The Hall–Kier alpha value is -1.59. The third-order valence-electron chi connectivity index (χ3n) is 2.68. The summed E-state index contributed by atoms with van der Waals surface area (Å²) in [6.07, 6.45) is 0. The Labute approximate surface area is 129 Å². The molecule has 2 aromatic rings. The van der Waals surface area contributed by atoms with Crippen LogP contribution in [0.4, 0.5) is 15.8 Å². The quantitative estimate of drug-likeness (QED) is 0.847. The predicted octanol–water partition coefficient (Wildman–Crippen LogP) is 4.54. The van der Waals surface area contributed by atoms with Gasteiger partial charge in [0, 0.05) is 16.5 Å². The van der Waals surface area contributed by atoms with Gasteiger partial charge in [0.15, 0.2) is 0 Å². The van der Waals surface area contributed by atoms with E-state index < -0.39 is 11.7 Å². The molecule has 2 rings (SSSR count). The van der Waals surface area contributed by atoms with E-state index in [1.54, 1.807) is 31.3 Å². The number of nitrogens with one attached hydrogen (secondary N) is 2. The van der Waals surface area contributed by atoms with E-state index in [2.05, 4.69) is 26.6 Å². The number of halogens is 3. The fraction of sp³-hybridized carbons (Fsp3) is 0.0714. The first-order valence-electron chi connectivity index (χ1n) is 5.75. The third kappa shape index (κ3) is 3.11. The van der Waals surface area contributed by atoms with Gasteiger partial charge in [0.25, 0.3) is 5.91 Å². The minimum atomic E-state index is -0.481. The minimum Gasteiger partial charge on any atom is -0.385 e. The molecule has 0 aliphatic heterocycles. The van der Waals surface area contributed by atoms with Crippen molar-refractivity contribution in [3.05, 3.63) is 57.3 Å². The Morgan fingerprint density at radius 3 is 2.75 bits per heavy atom. The minimum absolute atomic E-state index is 0.156. The molecule has 2 aromatic carbocycles. The van der Waals surface area contributed by atoms with E-state index in [0.29, 0.717) is 15.2 Å². The summed E-state index contributed by atoms with van der Waals surface area (Å²) in [4.78, 5) is 12.2. The molecule has 0 saturated carbocycles. The van der Waals surface area contributed by atoms with Crippen molar-refractivity contribution in [2.24, 2.45) is 0 Å². The standard InChI is InChI=1S/C14H11BrClFN2O/c1-18-13-9(3-2-4-11(13)17)14(20)19-12-7-8(16)5-6-10(12)15/h2-7,18H,1H3,(H,19,20). The summed E-state index contributed by atoms with van der Waals surface area (Å²) in [6.45, 7) is 0. The van der Waals surface area contributed by atoms with Crippen molar-refractivity contribution in [2.75, 3.05) is 17.7 Å². The van der Waals surface area contributed by atoms with Crippen LogP contribution in [0, 0.1) is 5.82 Å². The van der Waals surface area contributed by atoms with Crippen LogP contribution < -0.4 is 10.6 Å². The molecule has 0 aliphatic carbocycles. The summed E-state index contributed by atoms with van der Waals surface area (Å²) in [5, 5.41) is 5.87. The third-order valence-corrected chi connectivity index (χ3v) is 3.61. The molecular formula is C14H11BrClFN2O. The van der Waals surface area contributed by atoms with Crippen LogP contribution in [0.2, 0.25) is 5.02 Å². The molecule has 1 amide bonds. The topological polar surface area (TPSA) is 41.1 Å². The van der Waals surface area contributed by atoms with Crippen molar-refractivity contribution in [3.63, 3.8) is 0 Å². The van der Waals surface area contributed by atoms with Gasteiger partial charge in [-0.2, -0.15) is 0 Å². The number of rotatable bonds is 3. The molecule has 3 nitrogen and oxygen atoms in total. The van der Waals surface area contributed by atoms with Gasteiger partial charge in [-0.15, -0.1) is 0 Å². The van der Waals surface area contributed by atoms with E-state index in [4.69, 9.17) is 11.6 Å². The van der Waals surface area contributed by atoms with Crippen molar-refractivity contribution < 1.29 is 9.18 Å². The maximum Gasteiger partial charge on any atom is 0.257 e. The fourth-order valence-electron chi connectivity index (χ4n) is 1.75. The molecule has 0 aromatic heterocycles. The van der Waals surface area contributed by atoms with Crippen LogP contribution in [0.5, 0.6) is 0 Å². The number of para-hydroxylation sites is 1. The van der Waals surface area contributed by atoms with Crippen LogP contribution in [-0.4, -0.2) is 13.0 Å². The first-order chi connectivity index (χ1) is 9.52. The van der Waals surface area contributed by atoms with Gasteiger partial charge in [-0.25, -0.2) is 4.39 Å². The molecule has 0 saturated heterocycles. The lowest BCUT2D eigenvalue weighted by Crippen LogP contribution is -2.15. The lowest BCUT2D eigenvalue weighted by molar-refractivity contribution is 0.102. The maximum absolute atomic E-state index is 13.6. The van der Waals surface area contributed by atoms with Crippen LogP contribution in [0.1, 0.15) is 10.4 Å². The molecule has 2 N–H and O–H groups in total. The van der Waals surface area contributed by atoms with Crippen molar-refractivity contribution >= 4 is 44.8 Å². The number of hydrogen-bond donors (Lipinski definition) is 2. The zero-order valence-electron chi connectivity index (χ0n) is 10.5. The summed E-state index contributed by atoms with van der Waals surface area (Å²) in [6, 6.07) is 9.35. The normalized spacial score (nSPS) is 10.2. The second-order valence-electron chi connectivity index (χ2n) is 3.99. The average molecular weight is 358 g/mol. The first kappa shape index (κ1) is 14.8. The zero-order valence-corrected chi connectivity index (χ0v) is 12.8. The highest BCUT2D eigenvalue weighted by atomic mass is 79.9. The Bertz CT molecular complexity index is 664. The van der Waals surface area contributed by atoms with Crippen LogP contribution in [-0.2, 0) is 0 Å². The highest BCUT2D eigenvalue weighted by Gasteiger charge is 2.15. The molecule has 104 valence electrons. The average Bonchev–Trinajstić information content (AvgIpc) is 2.42. The highest BCUT2D eigenvalue weighted by Crippen LogP contribution is 2.27. The molecule has 0 fully saturated rings. The number of benzene rings is 2. The lowest BCUT2D eigenvalue weighted by Gasteiger charge is -2.11. The van der Waals surface area contributed by atoms with E-state index in [0.717, 1.165) is 0 Å². The largest absolute Gasteiger partial charge is 0.385 e. The summed E-state index contributed by atoms with van der Waals surface area (Å²) in [7, 11) is 1.56. The van der Waals surface area contributed by atoms with Gasteiger partial charge in [0.1, 0.15) is 5.82 Å². The molecule has 0 aliphatic rings. The Balaban J connectivity index is 2.33. The molecule has 20 heavy (non-hydrogen) atoms. The van der Waals surface area contributed by atoms with E-state index >= 15 is 0 Å². The first-order valence-corrected chi connectivity index (χ1v) is 6.92. The highest BCUT2D eigenvalue weighted by molar-refractivity contribution is 9.10. The Kier molecular flexibility index (Phi) is 4.62. The lowest BCUT2D eigenvalue weighted by atomic mass is 10.1. The van der Waals surface area contributed by atoms with Gasteiger partial charge in [-0.05, 0) is 46.3 Å². The van der Waals surface area contributed by atoms with Gasteiger partial charge in [-0.3, -0.25) is 4.79 Å². The van der Waals surface area contributed by atoms with E-state index in [9.17, 15) is 9.18 Å². The van der Waals surface area contributed by atoms with Crippen molar-refractivity contribution in [1.82, 2.24) is 0 Å². The van der Waals surface area contributed by atoms with Gasteiger partial charge < -0.3 is 10.6 Å². The molecule has 0 atom stereocenters. The van der Waals surface area contributed by atoms with Gasteiger partial charge in [-0.1, -0.05) is 17.7 Å². The van der Waals surface area contributed by atoms with Crippen molar-refractivity contribution in [1.29, 1.82) is 0 Å². The molecule has 6 heteroatoms. The van der Waals surface area contributed by atoms with Crippen LogP contribution in [0.3, 0.4) is 0 Å². The smallest absolute Gasteiger partial charge is 0.257 e. The second-order valence-corrected chi connectivity index (χ2v) is 5.28. The zero-order chi connectivity index (χ0) is 14.7. The molecule has 0 unspecified atom stereocenters. The SMILES string of the molecule is CNc1c(F)cccc1C(=O)Nc1cc(Cl)ccc1Br.